The number of pyridine rings is 1. The summed E-state index contributed by atoms with van der Waals surface area (Å²) < 4.78 is 1.77. The van der Waals surface area contributed by atoms with Gasteiger partial charge in [0.15, 0.2) is 5.43 Å². The SMILES string of the molecule is CCCCn1cc(-c2ccccc2[N+](=O)[O-])c(=O)c(-c2ccccc2[N+](=O)[O-])c1. The van der Waals surface area contributed by atoms with E-state index in [9.17, 15) is 25.0 Å². The lowest BCUT2D eigenvalue weighted by Crippen LogP contribution is -2.14. The summed E-state index contributed by atoms with van der Waals surface area (Å²) in [5.74, 6) is 0. The van der Waals surface area contributed by atoms with Gasteiger partial charge < -0.3 is 4.57 Å². The summed E-state index contributed by atoms with van der Waals surface area (Å²) in [5.41, 5.74) is -0.200. The van der Waals surface area contributed by atoms with Gasteiger partial charge >= 0.3 is 0 Å². The van der Waals surface area contributed by atoms with Gasteiger partial charge in [-0.25, -0.2) is 0 Å². The zero-order chi connectivity index (χ0) is 21.0. The van der Waals surface area contributed by atoms with Gasteiger partial charge in [0.2, 0.25) is 0 Å². The van der Waals surface area contributed by atoms with Gasteiger partial charge in [-0.1, -0.05) is 37.6 Å². The third-order valence-corrected chi connectivity index (χ3v) is 4.63. The van der Waals surface area contributed by atoms with Crippen LogP contribution in [-0.2, 0) is 6.54 Å². The lowest BCUT2D eigenvalue weighted by molar-refractivity contribution is -0.384. The van der Waals surface area contributed by atoms with Gasteiger partial charge in [0.25, 0.3) is 11.4 Å². The van der Waals surface area contributed by atoms with E-state index in [1.165, 1.54) is 36.4 Å². The molecular weight excluding hydrogens is 374 g/mol. The molecular formula is C21H19N3O5. The molecule has 0 atom stereocenters. The Morgan fingerprint density at radius 2 is 1.24 bits per heavy atom. The monoisotopic (exact) mass is 393 g/mol. The number of hydrogen-bond acceptors (Lipinski definition) is 5. The van der Waals surface area contributed by atoms with Crippen LogP contribution >= 0.6 is 0 Å². The third-order valence-electron chi connectivity index (χ3n) is 4.63. The van der Waals surface area contributed by atoms with Crippen LogP contribution in [0.2, 0.25) is 0 Å². The molecule has 1 aromatic heterocycles. The second-order valence-corrected chi connectivity index (χ2v) is 6.55. The van der Waals surface area contributed by atoms with Crippen molar-refractivity contribution >= 4 is 11.4 Å². The average molecular weight is 393 g/mol. The molecule has 1 heterocycles. The van der Waals surface area contributed by atoms with Crippen molar-refractivity contribution in [3.8, 4) is 22.3 Å². The number of benzene rings is 2. The second-order valence-electron chi connectivity index (χ2n) is 6.55. The Hall–Kier alpha value is -3.81. The molecule has 148 valence electrons. The highest BCUT2D eigenvalue weighted by Crippen LogP contribution is 2.32. The molecule has 0 unspecified atom stereocenters. The van der Waals surface area contributed by atoms with Crippen molar-refractivity contribution in [2.24, 2.45) is 0 Å². The number of nitro benzene ring substituents is 2. The van der Waals surface area contributed by atoms with Gasteiger partial charge in [-0.3, -0.25) is 25.0 Å². The number of unbranched alkanes of at least 4 members (excludes halogenated alkanes) is 1. The second kappa shape index (κ2) is 8.47. The number of aryl methyl sites for hydroxylation is 1. The molecule has 0 fully saturated rings. The molecule has 0 saturated carbocycles. The first-order valence-electron chi connectivity index (χ1n) is 9.15. The summed E-state index contributed by atoms with van der Waals surface area (Å²) in [4.78, 5) is 35.1. The number of hydrogen-bond donors (Lipinski definition) is 0. The van der Waals surface area contributed by atoms with Crippen LogP contribution in [0.4, 0.5) is 11.4 Å². The van der Waals surface area contributed by atoms with E-state index >= 15 is 0 Å². The van der Waals surface area contributed by atoms with Crippen LogP contribution in [0.5, 0.6) is 0 Å². The fourth-order valence-electron chi connectivity index (χ4n) is 3.21. The topological polar surface area (TPSA) is 108 Å². The van der Waals surface area contributed by atoms with Crippen molar-refractivity contribution in [1.82, 2.24) is 4.57 Å². The van der Waals surface area contributed by atoms with E-state index < -0.39 is 15.3 Å². The Kier molecular flexibility index (Phi) is 5.82. The fourth-order valence-corrected chi connectivity index (χ4v) is 3.21. The minimum Gasteiger partial charge on any atom is -0.353 e. The smallest absolute Gasteiger partial charge is 0.277 e. The van der Waals surface area contributed by atoms with Gasteiger partial charge in [0.1, 0.15) is 0 Å². The molecule has 0 aliphatic carbocycles. The molecule has 3 rings (SSSR count). The lowest BCUT2D eigenvalue weighted by atomic mass is 9.98. The van der Waals surface area contributed by atoms with Gasteiger partial charge in [-0.05, 0) is 18.6 Å². The number of nitro groups is 2. The predicted octanol–water partition coefficient (Wildman–Crippen LogP) is 4.80. The van der Waals surface area contributed by atoms with Crippen molar-refractivity contribution in [3.63, 3.8) is 0 Å². The van der Waals surface area contributed by atoms with E-state index in [0.29, 0.717) is 6.54 Å². The van der Waals surface area contributed by atoms with Crippen LogP contribution < -0.4 is 5.43 Å². The highest BCUT2D eigenvalue weighted by molar-refractivity contribution is 5.80. The zero-order valence-corrected chi connectivity index (χ0v) is 15.8. The van der Waals surface area contributed by atoms with E-state index in [1.54, 1.807) is 29.1 Å². The lowest BCUT2D eigenvalue weighted by Gasteiger charge is -2.13. The highest BCUT2D eigenvalue weighted by Gasteiger charge is 2.22. The zero-order valence-electron chi connectivity index (χ0n) is 15.8. The fraction of sp³-hybridized carbons (Fsp3) is 0.190. The van der Waals surface area contributed by atoms with E-state index in [-0.39, 0.29) is 33.6 Å². The maximum Gasteiger partial charge on any atom is 0.277 e. The molecule has 0 amide bonds. The minimum atomic E-state index is -0.539. The van der Waals surface area contributed by atoms with Gasteiger partial charge in [-0.2, -0.15) is 0 Å². The summed E-state index contributed by atoms with van der Waals surface area (Å²) >= 11 is 0. The van der Waals surface area contributed by atoms with Crippen LogP contribution in [0.3, 0.4) is 0 Å². The van der Waals surface area contributed by atoms with E-state index in [1.807, 2.05) is 6.92 Å². The standard InChI is InChI=1S/C21H19N3O5/c1-2-3-12-22-13-17(15-8-4-6-10-19(15)23(26)27)21(25)18(14-22)16-9-5-7-11-20(16)24(28)29/h4-11,13-14H,2-3,12H2,1H3. The third kappa shape index (κ3) is 4.06. The quantitative estimate of drug-likeness (QED) is 0.423. The molecule has 0 aliphatic rings. The van der Waals surface area contributed by atoms with Gasteiger partial charge in [-0.15, -0.1) is 0 Å². The first-order valence-corrected chi connectivity index (χ1v) is 9.15. The molecule has 0 saturated heterocycles. The number of para-hydroxylation sites is 2. The first kappa shape index (κ1) is 19.9. The Bertz CT molecular complexity index is 1060. The summed E-state index contributed by atoms with van der Waals surface area (Å²) in [7, 11) is 0. The Balaban J connectivity index is 2.33. The molecule has 2 aromatic carbocycles. The van der Waals surface area contributed by atoms with Crippen LogP contribution in [0.25, 0.3) is 22.3 Å². The minimum absolute atomic E-state index is 0.143. The highest BCUT2D eigenvalue weighted by atomic mass is 16.6. The van der Waals surface area contributed by atoms with Crippen molar-refractivity contribution in [3.05, 3.63) is 91.4 Å². The van der Waals surface area contributed by atoms with Crippen LogP contribution in [0, 0.1) is 20.2 Å². The predicted molar refractivity (Wildman–Crippen MR) is 110 cm³/mol. The normalized spacial score (nSPS) is 10.7. The number of rotatable bonds is 7. The molecule has 8 nitrogen and oxygen atoms in total. The number of nitrogens with zero attached hydrogens (tertiary/aromatic N) is 3. The molecule has 3 aromatic rings. The van der Waals surface area contributed by atoms with E-state index in [0.717, 1.165) is 12.8 Å². The van der Waals surface area contributed by atoms with Gasteiger partial charge in [0.05, 0.1) is 32.1 Å². The number of aromatic nitrogens is 1. The van der Waals surface area contributed by atoms with Crippen LogP contribution in [0.1, 0.15) is 19.8 Å². The molecule has 0 bridgehead atoms. The van der Waals surface area contributed by atoms with Crippen LogP contribution in [0.15, 0.2) is 65.7 Å². The van der Waals surface area contributed by atoms with Crippen molar-refractivity contribution in [2.45, 2.75) is 26.3 Å². The Morgan fingerprint density at radius 1 is 0.793 bits per heavy atom. The molecule has 0 N–H and O–H groups in total. The van der Waals surface area contributed by atoms with Gasteiger partial charge in [0, 0.05) is 31.1 Å². The summed E-state index contributed by atoms with van der Waals surface area (Å²) in [6, 6.07) is 12.0. The van der Waals surface area contributed by atoms with Crippen molar-refractivity contribution in [2.75, 3.05) is 0 Å². The Morgan fingerprint density at radius 3 is 1.66 bits per heavy atom. The summed E-state index contributed by atoms with van der Waals surface area (Å²) in [5, 5.41) is 22.9. The summed E-state index contributed by atoms with van der Waals surface area (Å²) in [6.07, 6.45) is 4.90. The van der Waals surface area contributed by atoms with Crippen molar-refractivity contribution in [1.29, 1.82) is 0 Å². The average Bonchev–Trinajstić information content (AvgIpc) is 2.73. The molecule has 29 heavy (non-hydrogen) atoms. The van der Waals surface area contributed by atoms with E-state index in [4.69, 9.17) is 0 Å². The van der Waals surface area contributed by atoms with Crippen molar-refractivity contribution < 1.29 is 9.85 Å². The maximum absolute atomic E-state index is 13.3. The maximum atomic E-state index is 13.3. The molecule has 8 heteroatoms. The Labute approximate surface area is 166 Å². The van der Waals surface area contributed by atoms with Crippen LogP contribution in [-0.4, -0.2) is 14.4 Å². The molecule has 0 radical (unpaired) electrons. The molecule has 0 aliphatic heterocycles. The largest absolute Gasteiger partial charge is 0.353 e. The summed E-state index contributed by atoms with van der Waals surface area (Å²) in [6.45, 7) is 2.60. The first-order chi connectivity index (χ1) is 13.9. The molecule has 0 spiro atoms. The van der Waals surface area contributed by atoms with E-state index in [2.05, 4.69) is 0 Å².